The molecule has 5 heteroatoms. The number of Topliss-reactive ketones (excluding diaryl/α,β-unsaturated/α-hetero) is 1. The van der Waals surface area contributed by atoms with E-state index < -0.39 is 0 Å². The number of piperidine rings is 2. The molecule has 5 nitrogen and oxygen atoms in total. The predicted octanol–water partition coefficient (Wildman–Crippen LogP) is 5.56. The fraction of sp³-hybridized carbons (Fsp3) is 0.517. The maximum absolute atomic E-state index is 13.4. The number of hydrogen-bond acceptors (Lipinski definition) is 4. The highest BCUT2D eigenvalue weighted by Crippen LogP contribution is 2.45. The Balaban J connectivity index is 1.14. The number of carbonyl (C=O) groups excluding carboxylic acids is 2. The third kappa shape index (κ3) is 3.84. The van der Waals surface area contributed by atoms with E-state index in [-0.39, 0.29) is 35.9 Å². The first kappa shape index (κ1) is 21.8. The van der Waals surface area contributed by atoms with Crippen LogP contribution >= 0.6 is 0 Å². The molecule has 2 aromatic carbocycles. The number of nitrogens with zero attached hydrogens (tertiary/aromatic N) is 1. The Morgan fingerprint density at radius 2 is 1.41 bits per heavy atom. The average molecular weight is 460 g/mol. The van der Waals surface area contributed by atoms with Crippen LogP contribution in [0.4, 0.5) is 4.79 Å². The molecule has 3 saturated heterocycles. The number of carbonyl (C=O) groups is 2. The smallest absolute Gasteiger partial charge is 0.410 e. The summed E-state index contributed by atoms with van der Waals surface area (Å²) < 4.78 is 11.5. The van der Waals surface area contributed by atoms with Gasteiger partial charge in [0.1, 0.15) is 12.4 Å². The lowest BCUT2D eigenvalue weighted by Gasteiger charge is -2.48. The number of amides is 1. The molecule has 34 heavy (non-hydrogen) atoms. The predicted molar refractivity (Wildman–Crippen MR) is 130 cm³/mol. The molecule has 1 amide bonds. The van der Waals surface area contributed by atoms with Crippen LogP contribution in [0.2, 0.25) is 0 Å². The molecule has 0 aromatic heterocycles. The summed E-state index contributed by atoms with van der Waals surface area (Å²) in [5.41, 5.74) is 4.95. The molecule has 3 heterocycles. The lowest BCUT2D eigenvalue weighted by atomic mass is 9.73. The zero-order valence-electron chi connectivity index (χ0n) is 19.7. The van der Waals surface area contributed by atoms with E-state index in [0.29, 0.717) is 25.6 Å². The van der Waals surface area contributed by atoms with E-state index in [9.17, 15) is 9.59 Å². The van der Waals surface area contributed by atoms with E-state index in [4.69, 9.17) is 9.47 Å². The highest BCUT2D eigenvalue weighted by molar-refractivity contribution is 5.84. The van der Waals surface area contributed by atoms with Crippen molar-refractivity contribution in [3.05, 3.63) is 59.7 Å². The molecule has 178 valence electrons. The van der Waals surface area contributed by atoms with Crippen molar-refractivity contribution in [1.82, 2.24) is 4.90 Å². The minimum Gasteiger partial charge on any atom is -0.448 e. The van der Waals surface area contributed by atoms with Crippen LogP contribution in [0.5, 0.6) is 0 Å². The number of hydrogen-bond donors (Lipinski definition) is 0. The minimum absolute atomic E-state index is 0.0730. The van der Waals surface area contributed by atoms with Crippen molar-refractivity contribution >= 4 is 11.9 Å². The summed E-state index contributed by atoms with van der Waals surface area (Å²) in [4.78, 5) is 28.6. The first-order valence-electron chi connectivity index (χ1n) is 13.0. The molecular formula is C29H33NO4. The van der Waals surface area contributed by atoms with E-state index in [1.165, 1.54) is 22.3 Å². The standard InChI is InChI=1S/C29H33NO4/c31-28(19-12-14-33-15-13-19)20-16-21-6-5-7-22(17-20)30(21)29(32)34-18-27-25-10-3-1-8-23(25)24-9-2-4-11-26(24)27/h1-4,8-11,19-22,27H,5-7,12-18H2. The second-order valence-corrected chi connectivity index (χ2v) is 10.4. The second kappa shape index (κ2) is 9.18. The summed E-state index contributed by atoms with van der Waals surface area (Å²) in [5.74, 6) is 0.702. The minimum atomic E-state index is -0.200. The van der Waals surface area contributed by atoms with Crippen molar-refractivity contribution < 1.29 is 19.1 Å². The normalized spacial score (nSPS) is 26.6. The molecule has 2 atom stereocenters. The summed E-state index contributed by atoms with van der Waals surface area (Å²) in [6, 6.07) is 17.1. The SMILES string of the molecule is O=C(C1CCOCC1)C1CC2CCCC(C1)N2C(=O)OCC1c2ccccc2-c2ccccc21. The van der Waals surface area contributed by atoms with Crippen LogP contribution in [-0.2, 0) is 14.3 Å². The number of rotatable bonds is 4. The lowest BCUT2D eigenvalue weighted by Crippen LogP contribution is -2.56. The van der Waals surface area contributed by atoms with E-state index >= 15 is 0 Å². The maximum Gasteiger partial charge on any atom is 0.410 e. The molecule has 0 saturated carbocycles. The average Bonchev–Trinajstić information content (AvgIpc) is 3.20. The van der Waals surface area contributed by atoms with Gasteiger partial charge in [0.2, 0.25) is 0 Å². The van der Waals surface area contributed by atoms with Gasteiger partial charge in [0, 0.05) is 43.1 Å². The van der Waals surface area contributed by atoms with Gasteiger partial charge in [-0.3, -0.25) is 4.79 Å². The molecule has 0 radical (unpaired) electrons. The lowest BCUT2D eigenvalue weighted by molar-refractivity contribution is -0.133. The van der Waals surface area contributed by atoms with Crippen molar-refractivity contribution in [3.8, 4) is 11.1 Å². The van der Waals surface area contributed by atoms with Crippen molar-refractivity contribution in [2.24, 2.45) is 11.8 Å². The zero-order chi connectivity index (χ0) is 23.1. The summed E-state index contributed by atoms with van der Waals surface area (Å²) in [6.07, 6.45) is 6.14. The highest BCUT2D eigenvalue weighted by Gasteiger charge is 2.45. The zero-order valence-corrected chi connectivity index (χ0v) is 19.7. The Morgan fingerprint density at radius 3 is 2.03 bits per heavy atom. The van der Waals surface area contributed by atoms with Gasteiger partial charge in [0.25, 0.3) is 0 Å². The number of ketones is 1. The van der Waals surface area contributed by atoms with Crippen molar-refractivity contribution in [2.45, 2.75) is 62.9 Å². The Kier molecular flexibility index (Phi) is 5.90. The molecule has 6 rings (SSSR count). The summed E-state index contributed by atoms with van der Waals surface area (Å²) >= 11 is 0. The molecule has 3 fully saturated rings. The fourth-order valence-electron chi connectivity index (χ4n) is 6.90. The molecule has 2 aromatic rings. The summed E-state index contributed by atoms with van der Waals surface area (Å²) in [6.45, 7) is 1.75. The monoisotopic (exact) mass is 459 g/mol. The molecule has 2 bridgehead atoms. The van der Waals surface area contributed by atoms with Gasteiger partial charge in [-0.05, 0) is 67.2 Å². The van der Waals surface area contributed by atoms with Gasteiger partial charge in [-0.2, -0.15) is 0 Å². The van der Waals surface area contributed by atoms with E-state index in [1.54, 1.807) is 0 Å². The van der Waals surface area contributed by atoms with Gasteiger partial charge in [-0.15, -0.1) is 0 Å². The largest absolute Gasteiger partial charge is 0.448 e. The van der Waals surface area contributed by atoms with Crippen LogP contribution in [0.1, 0.15) is 62.0 Å². The van der Waals surface area contributed by atoms with Crippen LogP contribution in [0.25, 0.3) is 11.1 Å². The molecular weight excluding hydrogens is 426 g/mol. The fourth-order valence-corrected chi connectivity index (χ4v) is 6.90. The van der Waals surface area contributed by atoms with Gasteiger partial charge in [0.15, 0.2) is 0 Å². The van der Waals surface area contributed by atoms with Crippen LogP contribution in [0.15, 0.2) is 48.5 Å². The first-order valence-corrected chi connectivity index (χ1v) is 13.0. The van der Waals surface area contributed by atoms with E-state index in [2.05, 4.69) is 48.5 Å². The Morgan fingerprint density at radius 1 is 0.824 bits per heavy atom. The number of benzene rings is 2. The Bertz CT molecular complexity index is 1020. The van der Waals surface area contributed by atoms with Gasteiger partial charge in [-0.25, -0.2) is 4.79 Å². The van der Waals surface area contributed by atoms with Crippen molar-refractivity contribution in [3.63, 3.8) is 0 Å². The molecule has 2 unspecified atom stereocenters. The molecule has 3 aliphatic heterocycles. The van der Waals surface area contributed by atoms with Crippen LogP contribution in [-0.4, -0.2) is 48.7 Å². The van der Waals surface area contributed by atoms with Gasteiger partial charge >= 0.3 is 6.09 Å². The van der Waals surface area contributed by atoms with Crippen molar-refractivity contribution in [2.75, 3.05) is 19.8 Å². The van der Waals surface area contributed by atoms with E-state index in [1.807, 2.05) is 4.90 Å². The quantitative estimate of drug-likeness (QED) is 0.600. The topological polar surface area (TPSA) is 55.8 Å². The van der Waals surface area contributed by atoms with Gasteiger partial charge in [-0.1, -0.05) is 48.5 Å². The van der Waals surface area contributed by atoms with Gasteiger partial charge in [0.05, 0.1) is 0 Å². The highest BCUT2D eigenvalue weighted by atomic mass is 16.6. The summed E-state index contributed by atoms with van der Waals surface area (Å²) in [7, 11) is 0. The molecule has 0 N–H and O–H groups in total. The molecule has 0 spiro atoms. The van der Waals surface area contributed by atoms with Gasteiger partial charge < -0.3 is 14.4 Å². The third-order valence-electron chi connectivity index (χ3n) is 8.55. The van der Waals surface area contributed by atoms with Crippen LogP contribution in [0, 0.1) is 11.8 Å². The first-order chi connectivity index (χ1) is 16.7. The third-order valence-corrected chi connectivity index (χ3v) is 8.55. The number of ether oxygens (including phenoxy) is 2. The Hall–Kier alpha value is -2.66. The summed E-state index contributed by atoms with van der Waals surface area (Å²) in [5, 5.41) is 0. The van der Waals surface area contributed by atoms with E-state index in [0.717, 1.165) is 44.9 Å². The van der Waals surface area contributed by atoms with Crippen molar-refractivity contribution in [1.29, 1.82) is 0 Å². The maximum atomic E-state index is 13.4. The van der Waals surface area contributed by atoms with Crippen LogP contribution < -0.4 is 0 Å². The number of fused-ring (bicyclic) bond motifs is 5. The Labute approximate surface area is 201 Å². The van der Waals surface area contributed by atoms with Crippen LogP contribution in [0.3, 0.4) is 0 Å². The molecule has 1 aliphatic carbocycles. The molecule has 4 aliphatic rings. The second-order valence-electron chi connectivity index (χ2n) is 10.4.